The fourth-order valence-electron chi connectivity index (χ4n) is 4.58. The Balaban J connectivity index is 1.73. The van der Waals surface area contributed by atoms with Crippen LogP contribution in [0.1, 0.15) is 70.3 Å². The van der Waals surface area contributed by atoms with Crippen molar-refractivity contribution < 1.29 is 13.9 Å². The van der Waals surface area contributed by atoms with Crippen molar-refractivity contribution in [2.45, 2.75) is 77.7 Å². The van der Waals surface area contributed by atoms with E-state index >= 15 is 0 Å². The van der Waals surface area contributed by atoms with Crippen LogP contribution in [-0.4, -0.2) is 12.0 Å². The number of benzene rings is 1. The molecule has 4 rings (SSSR count). The molecule has 1 aromatic rings. The summed E-state index contributed by atoms with van der Waals surface area (Å²) in [7, 11) is 0. The maximum atomic E-state index is 15.0. The Hall–Kier alpha value is -2.10. The first-order chi connectivity index (χ1) is 13.1. The van der Waals surface area contributed by atoms with E-state index in [0.29, 0.717) is 11.4 Å². The van der Waals surface area contributed by atoms with E-state index in [4.69, 9.17) is 4.74 Å². The quantitative estimate of drug-likeness (QED) is 0.655. The second-order valence-corrected chi connectivity index (χ2v) is 7.90. The van der Waals surface area contributed by atoms with Gasteiger partial charge in [-0.2, -0.15) is 0 Å². The predicted octanol–water partition coefficient (Wildman–Crippen LogP) is 5.97. The monoisotopic (exact) mass is 369 g/mol. The molecule has 1 heterocycles. The fourth-order valence-corrected chi connectivity index (χ4v) is 4.58. The van der Waals surface area contributed by atoms with Gasteiger partial charge in [0.15, 0.2) is 0 Å². The standard InChI is InChI=1S/C23H28FNO2/c1-3-8-20-17-11-6-7-12-18(17)23(26)25(20)21-14-22(15(2)13-19(21)24)27-16-9-4-5-10-16/h8,13-14,16H,3-7,9-12H2,1-2H3/b20-8-. The van der Waals surface area contributed by atoms with Crippen molar-refractivity contribution in [3.63, 3.8) is 0 Å². The lowest BCUT2D eigenvalue weighted by Crippen LogP contribution is -2.26. The van der Waals surface area contributed by atoms with Gasteiger partial charge in [0.05, 0.1) is 11.8 Å². The van der Waals surface area contributed by atoms with Gasteiger partial charge in [0, 0.05) is 17.3 Å². The second-order valence-electron chi connectivity index (χ2n) is 7.90. The largest absolute Gasteiger partial charge is 0.490 e. The van der Waals surface area contributed by atoms with E-state index in [1.165, 1.54) is 18.9 Å². The molecular formula is C23H28FNO2. The zero-order chi connectivity index (χ0) is 19.0. The third-order valence-electron chi connectivity index (χ3n) is 5.96. The summed E-state index contributed by atoms with van der Waals surface area (Å²) >= 11 is 0. The van der Waals surface area contributed by atoms with E-state index in [9.17, 15) is 9.18 Å². The molecule has 0 atom stereocenters. The molecule has 0 N–H and O–H groups in total. The molecule has 144 valence electrons. The number of amides is 1. The number of carbonyl (C=O) groups excluding carboxylic acids is 1. The molecule has 1 aromatic carbocycles. The van der Waals surface area contributed by atoms with Gasteiger partial charge in [-0.15, -0.1) is 0 Å². The van der Waals surface area contributed by atoms with E-state index < -0.39 is 0 Å². The van der Waals surface area contributed by atoms with Crippen LogP contribution in [0.2, 0.25) is 0 Å². The van der Waals surface area contributed by atoms with Gasteiger partial charge >= 0.3 is 0 Å². The normalized spacial score (nSPS) is 22.1. The van der Waals surface area contributed by atoms with Crippen molar-refractivity contribution in [3.05, 3.63) is 46.4 Å². The van der Waals surface area contributed by atoms with Crippen LogP contribution in [0.15, 0.2) is 35.1 Å². The first kappa shape index (κ1) is 18.3. The summed E-state index contributed by atoms with van der Waals surface area (Å²) in [6, 6.07) is 3.25. The molecule has 3 aliphatic rings. The highest BCUT2D eigenvalue weighted by atomic mass is 19.1. The molecular weight excluding hydrogens is 341 g/mol. The van der Waals surface area contributed by atoms with E-state index in [1.54, 1.807) is 11.0 Å². The average Bonchev–Trinajstić information content (AvgIpc) is 3.26. The van der Waals surface area contributed by atoms with Crippen LogP contribution in [0.5, 0.6) is 5.75 Å². The summed E-state index contributed by atoms with van der Waals surface area (Å²) in [5.41, 5.74) is 3.98. The molecule has 1 fully saturated rings. The third kappa shape index (κ3) is 3.30. The third-order valence-corrected chi connectivity index (χ3v) is 5.96. The van der Waals surface area contributed by atoms with Crippen LogP contribution in [0, 0.1) is 12.7 Å². The van der Waals surface area contributed by atoms with Crippen LogP contribution < -0.4 is 9.64 Å². The van der Waals surface area contributed by atoms with Crippen LogP contribution >= 0.6 is 0 Å². The van der Waals surface area contributed by atoms with Crippen molar-refractivity contribution >= 4 is 11.6 Å². The van der Waals surface area contributed by atoms with Gasteiger partial charge in [-0.3, -0.25) is 9.69 Å². The fraction of sp³-hybridized carbons (Fsp3) is 0.522. The van der Waals surface area contributed by atoms with Gasteiger partial charge in [-0.25, -0.2) is 4.39 Å². The minimum Gasteiger partial charge on any atom is -0.490 e. The molecule has 0 unspecified atom stereocenters. The number of nitrogens with zero attached hydrogens (tertiary/aromatic N) is 1. The van der Waals surface area contributed by atoms with E-state index in [-0.39, 0.29) is 17.8 Å². The number of ether oxygens (including phenoxy) is 1. The Kier molecular flexibility index (Phi) is 5.07. The van der Waals surface area contributed by atoms with Crippen molar-refractivity contribution in [1.29, 1.82) is 0 Å². The first-order valence-electron chi connectivity index (χ1n) is 10.3. The van der Waals surface area contributed by atoms with Crippen LogP contribution in [-0.2, 0) is 4.79 Å². The summed E-state index contributed by atoms with van der Waals surface area (Å²) < 4.78 is 21.1. The van der Waals surface area contributed by atoms with E-state index in [1.807, 2.05) is 6.92 Å². The van der Waals surface area contributed by atoms with Crippen molar-refractivity contribution in [1.82, 2.24) is 0 Å². The predicted molar refractivity (Wildman–Crippen MR) is 105 cm³/mol. The Morgan fingerprint density at radius 1 is 1.15 bits per heavy atom. The number of carbonyl (C=O) groups is 1. The lowest BCUT2D eigenvalue weighted by atomic mass is 9.92. The van der Waals surface area contributed by atoms with Crippen LogP contribution in [0.25, 0.3) is 0 Å². The molecule has 0 spiro atoms. The smallest absolute Gasteiger partial charge is 0.259 e. The van der Waals surface area contributed by atoms with Gasteiger partial charge in [-0.1, -0.05) is 13.0 Å². The molecule has 1 aliphatic heterocycles. The summed E-state index contributed by atoms with van der Waals surface area (Å²) in [6.07, 6.45) is 11.4. The van der Waals surface area contributed by atoms with Gasteiger partial charge in [-0.05, 0) is 81.9 Å². The zero-order valence-corrected chi connectivity index (χ0v) is 16.3. The lowest BCUT2D eigenvalue weighted by Gasteiger charge is -2.23. The van der Waals surface area contributed by atoms with Gasteiger partial charge in [0.25, 0.3) is 5.91 Å². The summed E-state index contributed by atoms with van der Waals surface area (Å²) in [5.74, 6) is 0.285. The Morgan fingerprint density at radius 2 is 1.85 bits per heavy atom. The SMILES string of the molecule is CC/C=C1/C2=C(CCCC2)C(=O)N1c1cc(OC2CCCC2)c(C)cc1F. The number of rotatable bonds is 4. The molecule has 3 nitrogen and oxygen atoms in total. The van der Waals surface area contributed by atoms with E-state index in [0.717, 1.165) is 67.4 Å². The Bertz CT molecular complexity index is 818. The molecule has 27 heavy (non-hydrogen) atoms. The highest BCUT2D eigenvalue weighted by Crippen LogP contribution is 2.43. The number of anilines is 1. The molecule has 0 bridgehead atoms. The minimum atomic E-state index is -0.360. The van der Waals surface area contributed by atoms with E-state index in [2.05, 4.69) is 13.0 Å². The molecule has 2 aliphatic carbocycles. The maximum absolute atomic E-state index is 15.0. The van der Waals surface area contributed by atoms with Gasteiger partial charge in [0.2, 0.25) is 0 Å². The van der Waals surface area contributed by atoms with Crippen molar-refractivity contribution in [2.75, 3.05) is 4.90 Å². The number of allylic oxidation sites excluding steroid dienone is 2. The van der Waals surface area contributed by atoms with Gasteiger partial charge in [0.1, 0.15) is 11.6 Å². The summed E-state index contributed by atoms with van der Waals surface area (Å²) in [5, 5.41) is 0. The van der Waals surface area contributed by atoms with Crippen molar-refractivity contribution in [3.8, 4) is 5.75 Å². The number of hydrogen-bond donors (Lipinski definition) is 0. The molecule has 4 heteroatoms. The Labute approximate surface area is 160 Å². The van der Waals surface area contributed by atoms with Crippen molar-refractivity contribution in [2.24, 2.45) is 0 Å². The Morgan fingerprint density at radius 3 is 2.56 bits per heavy atom. The minimum absolute atomic E-state index is 0.0565. The second kappa shape index (κ2) is 7.49. The van der Waals surface area contributed by atoms with Crippen LogP contribution in [0.3, 0.4) is 0 Å². The summed E-state index contributed by atoms with van der Waals surface area (Å²) in [6.45, 7) is 3.92. The molecule has 0 aromatic heterocycles. The number of aryl methyl sites for hydroxylation is 1. The highest BCUT2D eigenvalue weighted by molar-refractivity contribution is 6.13. The van der Waals surface area contributed by atoms with Crippen LogP contribution in [0.4, 0.5) is 10.1 Å². The molecule has 1 amide bonds. The molecule has 1 saturated carbocycles. The number of hydrogen-bond acceptors (Lipinski definition) is 2. The molecule has 0 radical (unpaired) electrons. The topological polar surface area (TPSA) is 29.5 Å². The number of halogens is 1. The summed E-state index contributed by atoms with van der Waals surface area (Å²) in [4.78, 5) is 14.7. The maximum Gasteiger partial charge on any atom is 0.259 e. The highest BCUT2D eigenvalue weighted by Gasteiger charge is 2.38. The lowest BCUT2D eigenvalue weighted by molar-refractivity contribution is -0.114. The molecule has 0 saturated heterocycles. The van der Waals surface area contributed by atoms with Gasteiger partial charge < -0.3 is 4.74 Å². The zero-order valence-electron chi connectivity index (χ0n) is 16.3. The average molecular weight is 369 g/mol. The first-order valence-corrected chi connectivity index (χ1v) is 10.3.